The van der Waals surface area contributed by atoms with Crippen LogP contribution in [-0.2, 0) is 5.75 Å². The van der Waals surface area contributed by atoms with E-state index in [-0.39, 0.29) is 24.0 Å². The maximum Gasteiger partial charge on any atom is 0.191 e. The zero-order chi connectivity index (χ0) is 14.3. The lowest BCUT2D eigenvalue weighted by atomic mass is 10.1. The molecule has 0 saturated heterocycles. The van der Waals surface area contributed by atoms with Gasteiger partial charge in [-0.2, -0.15) is 11.8 Å². The van der Waals surface area contributed by atoms with Crippen LogP contribution in [0.3, 0.4) is 0 Å². The van der Waals surface area contributed by atoms with Crippen molar-refractivity contribution in [2.24, 2.45) is 4.99 Å². The topological polar surface area (TPSA) is 36.4 Å². The molecule has 2 aromatic rings. The summed E-state index contributed by atoms with van der Waals surface area (Å²) in [7, 11) is 0. The molecule has 0 spiro atoms. The first kappa shape index (κ1) is 17.4. The van der Waals surface area contributed by atoms with Crippen molar-refractivity contribution in [3.63, 3.8) is 0 Å². The van der Waals surface area contributed by atoms with Gasteiger partial charge in [0.1, 0.15) is 0 Å². The summed E-state index contributed by atoms with van der Waals surface area (Å²) >= 11 is 1.96. The maximum absolute atomic E-state index is 4.41. The van der Waals surface area contributed by atoms with Crippen LogP contribution < -0.4 is 10.6 Å². The van der Waals surface area contributed by atoms with E-state index < -0.39 is 0 Å². The first-order chi connectivity index (χ1) is 10.4. The van der Waals surface area contributed by atoms with Crippen LogP contribution in [0.4, 0.5) is 0 Å². The Balaban J connectivity index is 0.00000176. The molecule has 0 radical (unpaired) electrons. The number of hydrogen-bond donors (Lipinski definition) is 2. The van der Waals surface area contributed by atoms with Gasteiger partial charge in [-0.1, -0.05) is 42.5 Å². The number of nitrogens with one attached hydrogen (secondary N) is 2. The zero-order valence-corrected chi connectivity index (χ0v) is 15.7. The Morgan fingerprint density at radius 2 is 2.00 bits per heavy atom. The maximum atomic E-state index is 4.41. The number of guanidine groups is 1. The van der Waals surface area contributed by atoms with Crippen LogP contribution in [0, 0.1) is 0 Å². The van der Waals surface area contributed by atoms with Crippen LogP contribution in [0.5, 0.6) is 0 Å². The van der Waals surface area contributed by atoms with E-state index in [1.54, 1.807) is 0 Å². The first-order valence-electron chi connectivity index (χ1n) is 7.50. The van der Waals surface area contributed by atoms with E-state index >= 15 is 0 Å². The lowest BCUT2D eigenvalue weighted by molar-refractivity contribution is 0.709. The number of aliphatic imine (C=N–C) groups is 1. The predicted molar refractivity (Wildman–Crippen MR) is 108 cm³/mol. The number of halogens is 1. The molecule has 0 aromatic heterocycles. The van der Waals surface area contributed by atoms with Crippen molar-refractivity contribution in [2.75, 3.05) is 25.4 Å². The Hall–Kier alpha value is -0.950. The minimum Gasteiger partial charge on any atom is -0.356 e. The van der Waals surface area contributed by atoms with Gasteiger partial charge < -0.3 is 10.6 Å². The van der Waals surface area contributed by atoms with E-state index in [4.69, 9.17) is 0 Å². The van der Waals surface area contributed by atoms with E-state index in [9.17, 15) is 0 Å². The minimum absolute atomic E-state index is 0. The molecule has 0 bridgehead atoms. The molecular weight excluding hydrogens is 405 g/mol. The van der Waals surface area contributed by atoms with Gasteiger partial charge >= 0.3 is 0 Å². The summed E-state index contributed by atoms with van der Waals surface area (Å²) < 4.78 is 0. The standard InChI is InChI=1S/C17H21N3S.HI/c1-2-8-16-14(5-1)6-3-7-15(16)13-21-12-11-20-17-18-9-4-10-19-17;/h1-3,5-8H,4,9-13H2,(H2,18,19,20);1H. The van der Waals surface area contributed by atoms with Crippen molar-refractivity contribution in [2.45, 2.75) is 12.2 Å². The van der Waals surface area contributed by atoms with Gasteiger partial charge in [-0.3, -0.25) is 4.99 Å². The highest BCUT2D eigenvalue weighted by molar-refractivity contribution is 14.0. The summed E-state index contributed by atoms with van der Waals surface area (Å²) in [6, 6.07) is 15.2. The molecule has 3 nitrogen and oxygen atoms in total. The third-order valence-corrected chi connectivity index (χ3v) is 4.58. The largest absolute Gasteiger partial charge is 0.356 e. The molecular formula is C17H22IN3S. The van der Waals surface area contributed by atoms with Crippen molar-refractivity contribution in [3.05, 3.63) is 48.0 Å². The second-order valence-electron chi connectivity index (χ2n) is 5.13. The molecule has 22 heavy (non-hydrogen) atoms. The van der Waals surface area contributed by atoms with Gasteiger partial charge in [0.25, 0.3) is 0 Å². The Bertz CT molecular complexity index is 625. The molecule has 118 valence electrons. The number of fused-ring (bicyclic) bond motifs is 1. The van der Waals surface area contributed by atoms with Crippen LogP contribution in [0.2, 0.25) is 0 Å². The molecule has 0 amide bonds. The molecule has 0 aliphatic carbocycles. The van der Waals surface area contributed by atoms with Gasteiger partial charge in [-0.25, -0.2) is 0 Å². The van der Waals surface area contributed by atoms with Crippen LogP contribution >= 0.6 is 35.7 Å². The summed E-state index contributed by atoms with van der Waals surface area (Å²) in [5.74, 6) is 3.11. The highest BCUT2D eigenvalue weighted by Gasteiger charge is 2.03. The highest BCUT2D eigenvalue weighted by atomic mass is 127. The van der Waals surface area contributed by atoms with Crippen LogP contribution in [-0.4, -0.2) is 31.3 Å². The SMILES string of the molecule is I.c1ccc2c(CSCCNC3=NCCCN3)cccc2c1. The molecule has 1 heterocycles. The lowest BCUT2D eigenvalue weighted by Gasteiger charge is -2.15. The smallest absolute Gasteiger partial charge is 0.191 e. The van der Waals surface area contributed by atoms with E-state index in [0.29, 0.717) is 0 Å². The third kappa shape index (κ3) is 4.78. The average Bonchev–Trinajstić information content (AvgIpc) is 2.56. The van der Waals surface area contributed by atoms with E-state index in [2.05, 4.69) is 58.1 Å². The average molecular weight is 427 g/mol. The van der Waals surface area contributed by atoms with E-state index in [1.165, 1.54) is 16.3 Å². The molecule has 2 aromatic carbocycles. The molecule has 5 heteroatoms. The number of thioether (sulfide) groups is 1. The molecule has 0 atom stereocenters. The molecule has 1 aliphatic rings. The van der Waals surface area contributed by atoms with Crippen molar-refractivity contribution in [3.8, 4) is 0 Å². The Morgan fingerprint density at radius 3 is 2.86 bits per heavy atom. The Kier molecular flexibility index (Phi) is 7.32. The van der Waals surface area contributed by atoms with Crippen molar-refractivity contribution in [1.29, 1.82) is 0 Å². The molecule has 0 fully saturated rings. The van der Waals surface area contributed by atoms with Crippen LogP contribution in [0.1, 0.15) is 12.0 Å². The number of nitrogens with zero attached hydrogens (tertiary/aromatic N) is 1. The van der Waals surface area contributed by atoms with Crippen molar-refractivity contribution >= 4 is 52.5 Å². The summed E-state index contributed by atoms with van der Waals surface area (Å²) in [6.45, 7) is 2.94. The van der Waals surface area contributed by atoms with Crippen molar-refractivity contribution in [1.82, 2.24) is 10.6 Å². The Labute approximate surface area is 153 Å². The third-order valence-electron chi connectivity index (χ3n) is 3.57. The van der Waals surface area contributed by atoms with Crippen LogP contribution in [0.25, 0.3) is 10.8 Å². The van der Waals surface area contributed by atoms with Crippen LogP contribution in [0.15, 0.2) is 47.5 Å². The molecule has 0 unspecified atom stereocenters. The fourth-order valence-corrected chi connectivity index (χ4v) is 3.36. The lowest BCUT2D eigenvalue weighted by Crippen LogP contribution is -2.41. The van der Waals surface area contributed by atoms with Gasteiger partial charge in [0.05, 0.1) is 0 Å². The monoisotopic (exact) mass is 427 g/mol. The Morgan fingerprint density at radius 1 is 1.14 bits per heavy atom. The fraction of sp³-hybridized carbons (Fsp3) is 0.353. The van der Waals surface area contributed by atoms with Crippen molar-refractivity contribution < 1.29 is 0 Å². The fourth-order valence-electron chi connectivity index (χ4n) is 2.49. The van der Waals surface area contributed by atoms with Gasteiger partial charge in [-0.15, -0.1) is 24.0 Å². The number of benzene rings is 2. The zero-order valence-electron chi connectivity index (χ0n) is 12.5. The normalized spacial score (nSPS) is 13.9. The molecule has 2 N–H and O–H groups in total. The van der Waals surface area contributed by atoms with E-state index in [1.807, 2.05) is 11.8 Å². The molecule has 3 rings (SSSR count). The summed E-state index contributed by atoms with van der Waals surface area (Å²) in [5, 5.41) is 9.35. The summed E-state index contributed by atoms with van der Waals surface area (Å²) in [4.78, 5) is 4.41. The van der Waals surface area contributed by atoms with E-state index in [0.717, 1.165) is 43.5 Å². The predicted octanol–water partition coefficient (Wildman–Crippen LogP) is 3.63. The number of rotatable bonds is 5. The first-order valence-corrected chi connectivity index (χ1v) is 8.65. The quantitative estimate of drug-likeness (QED) is 0.565. The van der Waals surface area contributed by atoms with Gasteiger partial charge in [0, 0.05) is 31.1 Å². The second kappa shape index (κ2) is 9.25. The van der Waals surface area contributed by atoms with Gasteiger partial charge in [0.15, 0.2) is 5.96 Å². The number of hydrogen-bond acceptors (Lipinski definition) is 4. The summed E-state index contributed by atoms with van der Waals surface area (Å²) in [6.07, 6.45) is 1.14. The molecule has 0 saturated carbocycles. The summed E-state index contributed by atoms with van der Waals surface area (Å²) in [5.41, 5.74) is 1.42. The second-order valence-corrected chi connectivity index (χ2v) is 6.23. The highest BCUT2D eigenvalue weighted by Crippen LogP contribution is 2.22. The van der Waals surface area contributed by atoms with Gasteiger partial charge in [-0.05, 0) is 22.8 Å². The van der Waals surface area contributed by atoms with Gasteiger partial charge in [0.2, 0.25) is 0 Å². The minimum atomic E-state index is 0. The molecule has 1 aliphatic heterocycles.